The van der Waals surface area contributed by atoms with Gasteiger partial charge in [-0.15, -0.1) is 0 Å². The number of likely N-dealkylation sites (tertiary alicyclic amines) is 1. The van der Waals surface area contributed by atoms with Crippen LogP contribution in [-0.4, -0.2) is 55.1 Å². The molecule has 144 valence electrons. The molecule has 4 nitrogen and oxygen atoms in total. The number of nitrogens with zero attached hydrogens (tertiary/aromatic N) is 2. The van der Waals surface area contributed by atoms with Gasteiger partial charge in [-0.1, -0.05) is 24.3 Å². The lowest BCUT2D eigenvalue weighted by Gasteiger charge is -2.32. The number of amides is 1. The summed E-state index contributed by atoms with van der Waals surface area (Å²) < 4.78 is 5.42. The van der Waals surface area contributed by atoms with Crippen LogP contribution in [-0.2, 0) is 17.7 Å². The van der Waals surface area contributed by atoms with Crippen LogP contribution in [0.25, 0.3) is 0 Å². The van der Waals surface area contributed by atoms with Crippen molar-refractivity contribution in [2.75, 3.05) is 39.4 Å². The molecule has 0 bridgehead atoms. The molecule has 0 radical (unpaired) electrons. The summed E-state index contributed by atoms with van der Waals surface area (Å²) in [5.74, 6) is 0.879. The first-order valence-corrected chi connectivity index (χ1v) is 10.9. The molecular formula is C22H28N2O2S. The Morgan fingerprint density at radius 2 is 1.70 bits per heavy atom. The number of thiophene rings is 1. The van der Waals surface area contributed by atoms with E-state index in [2.05, 4.69) is 29.2 Å². The maximum absolute atomic E-state index is 12.4. The molecule has 27 heavy (non-hydrogen) atoms. The molecule has 1 aromatic heterocycles. The Bertz CT molecular complexity index is 715. The number of rotatable bonds is 5. The number of morpholine rings is 1. The SMILES string of the molecule is O=C(c1ccsc1)N1CCC(Cc2ccc(CN3CCOCC3)cc2)CC1. The third-order valence-electron chi connectivity index (χ3n) is 5.73. The molecule has 5 heteroatoms. The number of ether oxygens (including phenoxy) is 1. The molecule has 0 saturated carbocycles. The first-order valence-electron chi connectivity index (χ1n) is 9.97. The minimum absolute atomic E-state index is 0.196. The Balaban J connectivity index is 1.24. The summed E-state index contributed by atoms with van der Waals surface area (Å²) in [6.45, 7) is 6.56. The van der Waals surface area contributed by atoms with Crippen LogP contribution in [0.1, 0.15) is 34.3 Å². The Kier molecular flexibility index (Phi) is 6.22. The first-order chi connectivity index (χ1) is 13.3. The van der Waals surface area contributed by atoms with Gasteiger partial charge in [0.2, 0.25) is 0 Å². The normalized spacial score (nSPS) is 19.3. The van der Waals surface area contributed by atoms with Crippen molar-refractivity contribution in [3.05, 3.63) is 57.8 Å². The van der Waals surface area contributed by atoms with Crippen LogP contribution in [0.5, 0.6) is 0 Å². The van der Waals surface area contributed by atoms with Crippen LogP contribution >= 0.6 is 11.3 Å². The predicted molar refractivity (Wildman–Crippen MR) is 109 cm³/mol. The van der Waals surface area contributed by atoms with Crippen molar-refractivity contribution in [1.82, 2.24) is 9.80 Å². The second-order valence-corrected chi connectivity index (χ2v) is 8.44. The Hall–Kier alpha value is -1.69. The highest BCUT2D eigenvalue weighted by Crippen LogP contribution is 2.23. The molecule has 0 atom stereocenters. The fourth-order valence-corrected chi connectivity index (χ4v) is 4.67. The topological polar surface area (TPSA) is 32.8 Å². The van der Waals surface area contributed by atoms with Crippen LogP contribution in [0.3, 0.4) is 0 Å². The van der Waals surface area contributed by atoms with Gasteiger partial charge in [0.05, 0.1) is 18.8 Å². The summed E-state index contributed by atoms with van der Waals surface area (Å²) in [7, 11) is 0. The molecule has 1 amide bonds. The van der Waals surface area contributed by atoms with Gasteiger partial charge in [-0.05, 0) is 47.8 Å². The summed E-state index contributed by atoms with van der Waals surface area (Å²) >= 11 is 1.59. The number of benzene rings is 1. The van der Waals surface area contributed by atoms with E-state index in [0.717, 1.165) is 70.8 Å². The molecule has 2 fully saturated rings. The lowest BCUT2D eigenvalue weighted by Crippen LogP contribution is -2.38. The van der Waals surface area contributed by atoms with Crippen LogP contribution in [0.15, 0.2) is 41.1 Å². The van der Waals surface area contributed by atoms with E-state index in [4.69, 9.17) is 4.74 Å². The smallest absolute Gasteiger partial charge is 0.254 e. The van der Waals surface area contributed by atoms with E-state index in [1.54, 1.807) is 11.3 Å². The van der Waals surface area contributed by atoms with Gasteiger partial charge in [-0.25, -0.2) is 0 Å². The quantitative estimate of drug-likeness (QED) is 0.788. The van der Waals surface area contributed by atoms with E-state index < -0.39 is 0 Å². The zero-order chi connectivity index (χ0) is 18.5. The van der Waals surface area contributed by atoms with Gasteiger partial charge in [0.25, 0.3) is 5.91 Å². The second-order valence-electron chi connectivity index (χ2n) is 7.66. The van der Waals surface area contributed by atoms with Crippen molar-refractivity contribution in [2.24, 2.45) is 5.92 Å². The number of piperidine rings is 1. The van der Waals surface area contributed by atoms with Gasteiger partial charge in [-0.2, -0.15) is 11.3 Å². The van der Waals surface area contributed by atoms with Gasteiger partial charge in [0.15, 0.2) is 0 Å². The Labute approximate surface area is 165 Å². The lowest BCUT2D eigenvalue weighted by molar-refractivity contribution is 0.0342. The van der Waals surface area contributed by atoms with E-state index in [9.17, 15) is 4.79 Å². The van der Waals surface area contributed by atoms with Gasteiger partial charge in [-0.3, -0.25) is 9.69 Å². The highest BCUT2D eigenvalue weighted by Gasteiger charge is 2.24. The standard InChI is InChI=1S/C22H28N2O2S/c25-22(21-7-14-27-17-21)24-8-5-19(6-9-24)15-18-1-3-20(4-2-18)16-23-10-12-26-13-11-23/h1-4,7,14,17,19H,5-6,8-13,15-16H2. The van der Waals surface area contributed by atoms with Crippen molar-refractivity contribution < 1.29 is 9.53 Å². The third kappa shape index (κ3) is 4.98. The molecule has 0 spiro atoms. The maximum atomic E-state index is 12.4. The van der Waals surface area contributed by atoms with Crippen molar-refractivity contribution in [3.63, 3.8) is 0 Å². The molecule has 0 N–H and O–H groups in total. The van der Waals surface area contributed by atoms with Gasteiger partial charge >= 0.3 is 0 Å². The fourth-order valence-electron chi connectivity index (χ4n) is 4.04. The predicted octanol–water partition coefficient (Wildman–Crippen LogP) is 3.68. The summed E-state index contributed by atoms with van der Waals surface area (Å²) in [5.41, 5.74) is 3.65. The molecule has 0 aliphatic carbocycles. The largest absolute Gasteiger partial charge is 0.379 e. The molecule has 2 aliphatic rings. The summed E-state index contributed by atoms with van der Waals surface area (Å²) in [6.07, 6.45) is 3.33. The summed E-state index contributed by atoms with van der Waals surface area (Å²) in [5, 5.41) is 3.93. The third-order valence-corrected chi connectivity index (χ3v) is 6.41. The zero-order valence-corrected chi connectivity index (χ0v) is 16.6. The fraction of sp³-hybridized carbons (Fsp3) is 0.500. The molecule has 0 unspecified atom stereocenters. The van der Waals surface area contributed by atoms with Crippen LogP contribution < -0.4 is 0 Å². The molecule has 4 rings (SSSR count). The van der Waals surface area contributed by atoms with E-state index in [1.165, 1.54) is 11.1 Å². The number of carbonyl (C=O) groups excluding carboxylic acids is 1. The molecule has 3 heterocycles. The average Bonchev–Trinajstić information content (AvgIpc) is 3.25. The minimum Gasteiger partial charge on any atom is -0.379 e. The van der Waals surface area contributed by atoms with Crippen molar-refractivity contribution >= 4 is 17.2 Å². The number of carbonyl (C=O) groups is 1. The van der Waals surface area contributed by atoms with E-state index in [1.807, 2.05) is 21.7 Å². The number of hydrogen-bond donors (Lipinski definition) is 0. The zero-order valence-electron chi connectivity index (χ0n) is 15.8. The summed E-state index contributed by atoms with van der Waals surface area (Å²) in [4.78, 5) is 16.9. The van der Waals surface area contributed by atoms with E-state index in [-0.39, 0.29) is 5.91 Å². The van der Waals surface area contributed by atoms with Crippen molar-refractivity contribution in [1.29, 1.82) is 0 Å². The monoisotopic (exact) mass is 384 g/mol. The maximum Gasteiger partial charge on any atom is 0.254 e. The molecule has 2 saturated heterocycles. The second kappa shape index (κ2) is 9.00. The van der Waals surface area contributed by atoms with Gasteiger partial charge in [0, 0.05) is 38.1 Å². The van der Waals surface area contributed by atoms with Gasteiger partial charge < -0.3 is 9.64 Å². The first kappa shape index (κ1) is 18.7. The molecule has 2 aliphatic heterocycles. The van der Waals surface area contributed by atoms with Gasteiger partial charge in [0.1, 0.15) is 0 Å². The van der Waals surface area contributed by atoms with Crippen molar-refractivity contribution in [2.45, 2.75) is 25.8 Å². The minimum atomic E-state index is 0.196. The Morgan fingerprint density at radius 3 is 2.37 bits per heavy atom. The Morgan fingerprint density at radius 1 is 1.00 bits per heavy atom. The molecular weight excluding hydrogens is 356 g/mol. The molecule has 2 aromatic rings. The van der Waals surface area contributed by atoms with Crippen LogP contribution in [0, 0.1) is 5.92 Å². The molecule has 1 aromatic carbocycles. The highest BCUT2D eigenvalue weighted by atomic mass is 32.1. The van der Waals surface area contributed by atoms with Crippen LogP contribution in [0.2, 0.25) is 0 Å². The number of hydrogen-bond acceptors (Lipinski definition) is 4. The van der Waals surface area contributed by atoms with E-state index in [0.29, 0.717) is 5.92 Å². The lowest BCUT2D eigenvalue weighted by atomic mass is 9.89. The highest BCUT2D eigenvalue weighted by molar-refractivity contribution is 7.08. The average molecular weight is 385 g/mol. The van der Waals surface area contributed by atoms with Crippen LogP contribution in [0.4, 0.5) is 0 Å². The van der Waals surface area contributed by atoms with E-state index >= 15 is 0 Å². The van der Waals surface area contributed by atoms with Crippen molar-refractivity contribution in [3.8, 4) is 0 Å². The summed E-state index contributed by atoms with van der Waals surface area (Å²) in [6, 6.07) is 11.1.